The van der Waals surface area contributed by atoms with Crippen LogP contribution in [-0.2, 0) is 16.2 Å². The third kappa shape index (κ3) is 3.89. The van der Waals surface area contributed by atoms with Crippen LogP contribution >= 0.6 is 11.8 Å². The molecule has 182 valence electrons. The Kier molecular flexibility index (Phi) is 6.20. The summed E-state index contributed by atoms with van der Waals surface area (Å²) in [5, 5.41) is 12.2. The van der Waals surface area contributed by atoms with Crippen molar-refractivity contribution in [2.75, 3.05) is 36.7 Å². The van der Waals surface area contributed by atoms with Gasteiger partial charge < -0.3 is 19.7 Å². The SMILES string of the molecule is COc1ccc(NC(=O)N2CCSC23C(=O)N(Cc2cccc(C#N)c2)c2ccc(OC)cc23)cc1. The molecule has 1 atom stereocenters. The molecule has 1 N–H and O–H groups in total. The van der Waals surface area contributed by atoms with Crippen molar-refractivity contribution < 1.29 is 19.1 Å². The summed E-state index contributed by atoms with van der Waals surface area (Å²) in [6, 6.07) is 21.5. The first kappa shape index (κ1) is 23.6. The molecule has 3 amide bonds. The van der Waals surface area contributed by atoms with E-state index in [1.807, 2.05) is 24.3 Å². The summed E-state index contributed by atoms with van der Waals surface area (Å²) < 4.78 is 10.7. The van der Waals surface area contributed by atoms with Crippen molar-refractivity contribution in [1.29, 1.82) is 5.26 Å². The number of thioether (sulfide) groups is 1. The predicted molar refractivity (Wildman–Crippen MR) is 138 cm³/mol. The van der Waals surface area contributed by atoms with Gasteiger partial charge in [-0.15, -0.1) is 11.8 Å². The van der Waals surface area contributed by atoms with Crippen LogP contribution in [0, 0.1) is 11.3 Å². The minimum absolute atomic E-state index is 0.194. The monoisotopic (exact) mass is 500 g/mol. The standard InChI is InChI=1S/C27H24N4O4S/c1-34-21-8-6-20(7-9-21)29-26(33)31-12-13-36-27(31)23-15-22(35-2)10-11-24(23)30(25(27)32)17-19-5-3-4-18(14-19)16-28/h3-11,14-15H,12-13,17H2,1-2H3,(H,29,33). The molecular formula is C27H24N4O4S. The van der Waals surface area contributed by atoms with Gasteiger partial charge in [0.2, 0.25) is 0 Å². The fourth-order valence-corrected chi connectivity index (χ4v) is 6.12. The normalized spacial score (nSPS) is 18.2. The third-order valence-electron chi connectivity index (χ3n) is 6.38. The number of hydrogen-bond donors (Lipinski definition) is 1. The van der Waals surface area contributed by atoms with Gasteiger partial charge >= 0.3 is 6.03 Å². The maximum absolute atomic E-state index is 14.2. The highest BCUT2D eigenvalue weighted by atomic mass is 32.2. The van der Waals surface area contributed by atoms with E-state index in [4.69, 9.17) is 9.47 Å². The Bertz CT molecular complexity index is 1370. The second-order valence-electron chi connectivity index (χ2n) is 8.39. The first-order valence-corrected chi connectivity index (χ1v) is 12.3. The molecule has 1 unspecified atom stereocenters. The van der Waals surface area contributed by atoms with Crippen molar-refractivity contribution in [2.24, 2.45) is 0 Å². The molecule has 9 heteroatoms. The number of hydrogen-bond acceptors (Lipinski definition) is 6. The Morgan fingerprint density at radius 2 is 1.83 bits per heavy atom. The number of urea groups is 1. The highest BCUT2D eigenvalue weighted by molar-refractivity contribution is 8.01. The van der Waals surface area contributed by atoms with Crippen LogP contribution in [0.5, 0.6) is 11.5 Å². The number of anilines is 2. The molecule has 1 spiro atoms. The number of carbonyl (C=O) groups is 2. The number of nitrogens with zero attached hydrogens (tertiary/aromatic N) is 3. The Morgan fingerprint density at radius 1 is 1.08 bits per heavy atom. The first-order valence-electron chi connectivity index (χ1n) is 11.4. The maximum atomic E-state index is 14.2. The number of nitriles is 1. The van der Waals surface area contributed by atoms with Crippen LogP contribution in [0.2, 0.25) is 0 Å². The van der Waals surface area contributed by atoms with Gasteiger partial charge in [0.15, 0.2) is 4.87 Å². The van der Waals surface area contributed by atoms with E-state index < -0.39 is 4.87 Å². The number of nitrogens with one attached hydrogen (secondary N) is 1. The molecule has 1 saturated heterocycles. The third-order valence-corrected chi connectivity index (χ3v) is 7.80. The van der Waals surface area contributed by atoms with E-state index in [0.717, 1.165) is 16.8 Å². The highest BCUT2D eigenvalue weighted by Gasteiger charge is 2.59. The van der Waals surface area contributed by atoms with Gasteiger partial charge in [-0.05, 0) is 60.2 Å². The summed E-state index contributed by atoms with van der Waals surface area (Å²) in [6.45, 7) is 0.691. The fraction of sp³-hybridized carbons (Fsp3) is 0.222. The summed E-state index contributed by atoms with van der Waals surface area (Å²) in [4.78, 5) is 29.8. The molecule has 3 aromatic carbocycles. The zero-order chi connectivity index (χ0) is 25.3. The van der Waals surface area contributed by atoms with Crippen LogP contribution in [0.15, 0.2) is 66.7 Å². The van der Waals surface area contributed by atoms with Gasteiger partial charge in [0, 0.05) is 23.5 Å². The van der Waals surface area contributed by atoms with Crippen LogP contribution in [0.3, 0.4) is 0 Å². The molecule has 5 rings (SSSR count). The van der Waals surface area contributed by atoms with Crippen LogP contribution in [0.1, 0.15) is 16.7 Å². The van der Waals surface area contributed by atoms with E-state index >= 15 is 0 Å². The van der Waals surface area contributed by atoms with Crippen LogP contribution in [0.4, 0.5) is 16.2 Å². The molecule has 0 aliphatic carbocycles. The van der Waals surface area contributed by atoms with Crippen molar-refractivity contribution in [1.82, 2.24) is 4.90 Å². The Morgan fingerprint density at radius 3 is 2.56 bits per heavy atom. The number of ether oxygens (including phenoxy) is 2. The minimum atomic E-state index is -1.22. The number of methoxy groups -OCH3 is 2. The van der Waals surface area contributed by atoms with Gasteiger partial charge in [-0.25, -0.2) is 4.79 Å². The molecule has 36 heavy (non-hydrogen) atoms. The molecule has 2 aliphatic heterocycles. The minimum Gasteiger partial charge on any atom is -0.497 e. The summed E-state index contributed by atoms with van der Waals surface area (Å²) in [6.07, 6.45) is 0. The van der Waals surface area contributed by atoms with Crippen LogP contribution in [-0.4, -0.2) is 43.4 Å². The molecule has 0 aromatic heterocycles. The smallest absolute Gasteiger partial charge is 0.323 e. The second-order valence-corrected chi connectivity index (χ2v) is 9.68. The van der Waals surface area contributed by atoms with Crippen molar-refractivity contribution >= 4 is 35.1 Å². The van der Waals surface area contributed by atoms with E-state index in [1.54, 1.807) is 66.5 Å². The lowest BCUT2D eigenvalue weighted by atomic mass is 10.1. The summed E-state index contributed by atoms with van der Waals surface area (Å²) in [7, 11) is 3.16. The van der Waals surface area contributed by atoms with Gasteiger partial charge in [0.25, 0.3) is 5.91 Å². The van der Waals surface area contributed by atoms with Crippen LogP contribution in [0.25, 0.3) is 0 Å². The van der Waals surface area contributed by atoms with Crippen molar-refractivity contribution in [3.8, 4) is 17.6 Å². The molecular weight excluding hydrogens is 476 g/mol. The molecule has 0 bridgehead atoms. The Hall–Kier alpha value is -4.16. The molecule has 1 fully saturated rings. The van der Waals surface area contributed by atoms with Crippen molar-refractivity contribution in [3.05, 3.63) is 83.4 Å². The van der Waals surface area contributed by atoms with E-state index in [-0.39, 0.29) is 18.5 Å². The largest absolute Gasteiger partial charge is 0.497 e. The Balaban J connectivity index is 1.52. The zero-order valence-electron chi connectivity index (χ0n) is 19.9. The number of carbonyl (C=O) groups excluding carboxylic acids is 2. The molecule has 0 saturated carbocycles. The van der Waals surface area contributed by atoms with E-state index in [1.165, 1.54) is 11.8 Å². The lowest BCUT2D eigenvalue weighted by Gasteiger charge is -2.33. The average Bonchev–Trinajstić information content (AvgIpc) is 3.46. The van der Waals surface area contributed by atoms with Crippen LogP contribution < -0.4 is 19.7 Å². The van der Waals surface area contributed by atoms with Crippen molar-refractivity contribution in [2.45, 2.75) is 11.4 Å². The molecule has 2 aliphatic rings. The second kappa shape index (κ2) is 9.47. The number of benzene rings is 3. The van der Waals surface area contributed by atoms with Crippen molar-refractivity contribution in [3.63, 3.8) is 0 Å². The van der Waals surface area contributed by atoms with Gasteiger partial charge in [-0.2, -0.15) is 5.26 Å². The lowest BCUT2D eigenvalue weighted by molar-refractivity contribution is -0.123. The van der Waals surface area contributed by atoms with Gasteiger partial charge in [-0.3, -0.25) is 9.69 Å². The van der Waals surface area contributed by atoms with E-state index in [9.17, 15) is 14.9 Å². The quantitative estimate of drug-likeness (QED) is 0.552. The Labute approximate surface area is 213 Å². The molecule has 3 aromatic rings. The zero-order valence-corrected chi connectivity index (χ0v) is 20.7. The highest BCUT2D eigenvalue weighted by Crippen LogP contribution is 2.55. The fourth-order valence-electron chi connectivity index (χ4n) is 4.67. The number of amides is 3. The lowest BCUT2D eigenvalue weighted by Crippen LogP contribution is -2.51. The summed E-state index contributed by atoms with van der Waals surface area (Å²) in [5.74, 6) is 1.71. The summed E-state index contributed by atoms with van der Waals surface area (Å²) >= 11 is 1.44. The maximum Gasteiger partial charge on any atom is 0.323 e. The van der Waals surface area contributed by atoms with Gasteiger partial charge in [0.05, 0.1) is 38.1 Å². The van der Waals surface area contributed by atoms with E-state index in [0.29, 0.717) is 35.0 Å². The van der Waals surface area contributed by atoms with Gasteiger partial charge in [-0.1, -0.05) is 12.1 Å². The van der Waals surface area contributed by atoms with Gasteiger partial charge in [0.1, 0.15) is 11.5 Å². The average molecular weight is 501 g/mol. The number of fused-ring (bicyclic) bond motifs is 2. The van der Waals surface area contributed by atoms with E-state index in [2.05, 4.69) is 11.4 Å². The molecule has 8 nitrogen and oxygen atoms in total. The number of rotatable bonds is 5. The predicted octanol–water partition coefficient (Wildman–Crippen LogP) is 4.56. The molecule has 2 heterocycles. The first-order chi connectivity index (χ1) is 17.5. The molecule has 0 radical (unpaired) electrons. The topological polar surface area (TPSA) is 94.9 Å². The summed E-state index contributed by atoms with van der Waals surface area (Å²) in [5.41, 5.74) is 3.41.